The first-order valence-electron chi connectivity index (χ1n) is 5.86. The molecule has 2 aromatic rings. The van der Waals surface area contributed by atoms with Gasteiger partial charge in [0.2, 0.25) is 5.91 Å². The fraction of sp³-hybridized carbons (Fsp3) is 0.231. The lowest BCUT2D eigenvalue weighted by molar-refractivity contribution is -0.129. The third kappa shape index (κ3) is 2.61. The number of nitrogens with zero attached hydrogens (tertiary/aromatic N) is 3. The summed E-state index contributed by atoms with van der Waals surface area (Å²) in [4.78, 5) is 13.0. The van der Waals surface area contributed by atoms with Crippen LogP contribution in [0.15, 0.2) is 24.5 Å². The minimum Gasteiger partial charge on any atom is -0.396 e. The largest absolute Gasteiger partial charge is 0.396 e. The van der Waals surface area contributed by atoms with Crippen LogP contribution in [0.1, 0.15) is 0 Å². The number of carbonyl (C=O) groups is 1. The third-order valence-corrected chi connectivity index (χ3v) is 2.85. The van der Waals surface area contributed by atoms with Crippen LogP contribution in [0.5, 0.6) is 0 Å². The minimum atomic E-state index is -1.08. The minimum absolute atomic E-state index is 0.0338. The van der Waals surface area contributed by atoms with E-state index in [1.807, 2.05) is 0 Å². The van der Waals surface area contributed by atoms with Crippen molar-refractivity contribution in [3.63, 3.8) is 0 Å². The second-order valence-electron chi connectivity index (χ2n) is 4.55. The van der Waals surface area contributed by atoms with Gasteiger partial charge in [-0.05, 0) is 12.1 Å². The standard InChI is InChI=1S/C13H14F2N4O/c1-18(2)11(20)7-19-6-8(5-17-19)9-3-4-10(16)13(15)12(9)14/h3-6H,7,16H2,1-2H3. The number of amides is 1. The van der Waals surface area contributed by atoms with Crippen molar-refractivity contribution in [2.75, 3.05) is 19.8 Å². The van der Waals surface area contributed by atoms with Crippen LogP contribution in [0.3, 0.4) is 0 Å². The molecule has 0 atom stereocenters. The van der Waals surface area contributed by atoms with Crippen LogP contribution >= 0.6 is 0 Å². The van der Waals surface area contributed by atoms with E-state index in [0.29, 0.717) is 5.56 Å². The van der Waals surface area contributed by atoms with E-state index in [-0.39, 0.29) is 23.7 Å². The van der Waals surface area contributed by atoms with E-state index in [4.69, 9.17) is 5.73 Å². The van der Waals surface area contributed by atoms with Crippen molar-refractivity contribution in [2.45, 2.75) is 6.54 Å². The molecule has 1 aromatic carbocycles. The van der Waals surface area contributed by atoms with Crippen molar-refractivity contribution in [3.05, 3.63) is 36.2 Å². The van der Waals surface area contributed by atoms with Crippen LogP contribution in [0.2, 0.25) is 0 Å². The van der Waals surface area contributed by atoms with E-state index in [9.17, 15) is 13.6 Å². The van der Waals surface area contributed by atoms with E-state index in [2.05, 4.69) is 5.10 Å². The van der Waals surface area contributed by atoms with Crippen LogP contribution in [-0.4, -0.2) is 34.7 Å². The molecule has 2 rings (SSSR count). The number of rotatable bonds is 3. The summed E-state index contributed by atoms with van der Waals surface area (Å²) in [5, 5.41) is 3.96. The van der Waals surface area contributed by atoms with Gasteiger partial charge in [0.15, 0.2) is 11.6 Å². The highest BCUT2D eigenvalue weighted by Gasteiger charge is 2.15. The van der Waals surface area contributed by atoms with E-state index >= 15 is 0 Å². The fourth-order valence-electron chi connectivity index (χ4n) is 1.66. The molecule has 0 unspecified atom stereocenters. The molecular formula is C13H14F2N4O. The molecule has 7 heteroatoms. The van der Waals surface area contributed by atoms with Gasteiger partial charge in [-0.3, -0.25) is 9.48 Å². The van der Waals surface area contributed by atoms with E-state index in [1.165, 1.54) is 34.1 Å². The number of benzene rings is 1. The quantitative estimate of drug-likeness (QED) is 0.867. The molecule has 0 radical (unpaired) electrons. The Labute approximate surface area is 114 Å². The van der Waals surface area contributed by atoms with Crippen LogP contribution in [-0.2, 0) is 11.3 Å². The summed E-state index contributed by atoms with van der Waals surface area (Å²) in [6.45, 7) is 0.0338. The highest BCUT2D eigenvalue weighted by Crippen LogP contribution is 2.26. The monoisotopic (exact) mass is 280 g/mol. The molecule has 5 nitrogen and oxygen atoms in total. The molecule has 20 heavy (non-hydrogen) atoms. The number of likely N-dealkylation sites (N-methyl/N-ethyl adjacent to an activating group) is 1. The molecule has 0 fully saturated rings. The summed E-state index contributed by atoms with van der Waals surface area (Å²) >= 11 is 0. The van der Waals surface area contributed by atoms with Crippen molar-refractivity contribution in [1.29, 1.82) is 0 Å². The topological polar surface area (TPSA) is 64.2 Å². The molecule has 1 aromatic heterocycles. The maximum atomic E-state index is 13.8. The van der Waals surface area contributed by atoms with Crippen LogP contribution < -0.4 is 5.73 Å². The average Bonchev–Trinajstić information content (AvgIpc) is 2.84. The van der Waals surface area contributed by atoms with Gasteiger partial charge < -0.3 is 10.6 Å². The lowest BCUT2D eigenvalue weighted by Crippen LogP contribution is -2.26. The van der Waals surface area contributed by atoms with Gasteiger partial charge in [-0.25, -0.2) is 8.78 Å². The Hall–Kier alpha value is -2.44. The summed E-state index contributed by atoms with van der Waals surface area (Å²) in [5.74, 6) is -2.26. The Morgan fingerprint density at radius 3 is 2.70 bits per heavy atom. The normalized spacial score (nSPS) is 10.6. The van der Waals surface area contributed by atoms with E-state index < -0.39 is 11.6 Å². The van der Waals surface area contributed by atoms with Crippen molar-refractivity contribution in [3.8, 4) is 11.1 Å². The summed E-state index contributed by atoms with van der Waals surface area (Å²) in [6.07, 6.45) is 2.85. The first kappa shape index (κ1) is 14.0. The molecule has 1 amide bonds. The van der Waals surface area contributed by atoms with Crippen molar-refractivity contribution in [1.82, 2.24) is 14.7 Å². The van der Waals surface area contributed by atoms with E-state index in [1.54, 1.807) is 14.1 Å². The molecule has 2 N–H and O–H groups in total. The van der Waals surface area contributed by atoms with Crippen LogP contribution in [0.25, 0.3) is 11.1 Å². The highest BCUT2D eigenvalue weighted by molar-refractivity contribution is 5.75. The first-order chi connectivity index (χ1) is 9.40. The number of halogens is 2. The second kappa shape index (κ2) is 5.28. The summed E-state index contributed by atoms with van der Waals surface area (Å²) in [5.41, 5.74) is 5.48. The van der Waals surface area contributed by atoms with Gasteiger partial charge in [-0.1, -0.05) is 0 Å². The molecule has 0 aliphatic carbocycles. The SMILES string of the molecule is CN(C)C(=O)Cn1cc(-c2ccc(N)c(F)c2F)cn1. The number of nitrogens with two attached hydrogens (primary N) is 1. The molecule has 0 saturated carbocycles. The lowest BCUT2D eigenvalue weighted by atomic mass is 10.1. The number of aromatic nitrogens is 2. The summed E-state index contributed by atoms with van der Waals surface area (Å²) < 4.78 is 28.6. The Morgan fingerprint density at radius 2 is 2.05 bits per heavy atom. The number of hydrogen-bond donors (Lipinski definition) is 1. The van der Waals surface area contributed by atoms with Gasteiger partial charge >= 0.3 is 0 Å². The zero-order chi connectivity index (χ0) is 14.9. The van der Waals surface area contributed by atoms with Crippen molar-refractivity contribution >= 4 is 11.6 Å². The lowest BCUT2D eigenvalue weighted by Gasteiger charge is -2.09. The molecule has 0 aliphatic rings. The Bertz CT molecular complexity index is 652. The van der Waals surface area contributed by atoms with Crippen molar-refractivity contribution in [2.24, 2.45) is 0 Å². The highest BCUT2D eigenvalue weighted by atomic mass is 19.2. The van der Waals surface area contributed by atoms with Gasteiger partial charge in [0.25, 0.3) is 0 Å². The molecule has 1 heterocycles. The van der Waals surface area contributed by atoms with Gasteiger partial charge in [0.1, 0.15) is 6.54 Å². The van der Waals surface area contributed by atoms with Gasteiger partial charge in [-0.2, -0.15) is 5.10 Å². The molecule has 0 saturated heterocycles. The number of nitrogen functional groups attached to an aromatic ring is 1. The van der Waals surface area contributed by atoms with Crippen LogP contribution in [0.4, 0.5) is 14.5 Å². The Balaban J connectivity index is 2.30. The van der Waals surface area contributed by atoms with Gasteiger partial charge in [-0.15, -0.1) is 0 Å². The predicted octanol–water partition coefficient (Wildman–Crippen LogP) is 1.50. The summed E-state index contributed by atoms with van der Waals surface area (Å²) in [7, 11) is 3.25. The molecule has 0 aliphatic heterocycles. The number of carbonyl (C=O) groups excluding carboxylic acids is 1. The van der Waals surface area contributed by atoms with Crippen LogP contribution in [0, 0.1) is 11.6 Å². The van der Waals surface area contributed by atoms with Crippen molar-refractivity contribution < 1.29 is 13.6 Å². The molecular weight excluding hydrogens is 266 g/mol. The summed E-state index contributed by atoms with van der Waals surface area (Å²) in [6, 6.07) is 2.67. The molecule has 0 spiro atoms. The van der Waals surface area contributed by atoms with Gasteiger partial charge in [0.05, 0.1) is 11.9 Å². The number of hydrogen-bond acceptors (Lipinski definition) is 3. The predicted molar refractivity (Wildman–Crippen MR) is 70.7 cm³/mol. The maximum absolute atomic E-state index is 13.8. The first-order valence-corrected chi connectivity index (χ1v) is 5.86. The Kier molecular flexibility index (Phi) is 3.69. The average molecular weight is 280 g/mol. The van der Waals surface area contributed by atoms with Gasteiger partial charge in [0, 0.05) is 31.4 Å². The Morgan fingerprint density at radius 1 is 1.35 bits per heavy atom. The maximum Gasteiger partial charge on any atom is 0.243 e. The third-order valence-electron chi connectivity index (χ3n) is 2.85. The zero-order valence-electron chi connectivity index (χ0n) is 11.1. The zero-order valence-corrected chi connectivity index (χ0v) is 11.1. The molecule has 106 valence electrons. The number of anilines is 1. The second-order valence-corrected chi connectivity index (χ2v) is 4.55. The van der Waals surface area contributed by atoms with E-state index in [0.717, 1.165) is 0 Å². The molecule has 0 bridgehead atoms. The fourth-order valence-corrected chi connectivity index (χ4v) is 1.66. The smallest absolute Gasteiger partial charge is 0.243 e.